The zero-order valence-corrected chi connectivity index (χ0v) is 16.9. The normalized spacial score (nSPS) is 14.0. The second-order valence-electron chi connectivity index (χ2n) is 7.42. The minimum Gasteiger partial charge on any atom is -0.366 e. The molecular weight excluding hydrogens is 415 g/mol. The lowest BCUT2D eigenvalue weighted by molar-refractivity contribution is -0.782. The van der Waals surface area contributed by atoms with Gasteiger partial charge in [-0.2, -0.15) is 0 Å². The summed E-state index contributed by atoms with van der Waals surface area (Å²) in [5.41, 5.74) is 1.53. The number of hydrogen-bond acceptors (Lipinski definition) is 7. The van der Waals surface area contributed by atoms with Gasteiger partial charge < -0.3 is 20.3 Å². The number of nitrogens with one attached hydrogen (secondary N) is 1. The van der Waals surface area contributed by atoms with E-state index >= 15 is 0 Å². The van der Waals surface area contributed by atoms with Crippen LogP contribution in [0.1, 0.15) is 10.4 Å². The molecule has 1 aliphatic rings. The molecule has 1 fully saturated rings. The van der Waals surface area contributed by atoms with Crippen LogP contribution in [0.4, 0.5) is 21.6 Å². The highest BCUT2D eigenvalue weighted by molar-refractivity contribution is 6.05. The van der Waals surface area contributed by atoms with Crippen molar-refractivity contribution in [1.29, 1.82) is 0 Å². The molecule has 32 heavy (non-hydrogen) atoms. The molecule has 0 radical (unpaired) electrons. The SMILES string of the molecule is O=C(Nc1ccc(N2CCN(c3ccccn3)CC2)c(F)c1)c1ccc2no[n+]([O-])c2c1. The van der Waals surface area contributed by atoms with E-state index in [-0.39, 0.29) is 16.0 Å². The maximum Gasteiger partial charge on any atom is 0.255 e. The van der Waals surface area contributed by atoms with Gasteiger partial charge >= 0.3 is 0 Å². The van der Waals surface area contributed by atoms with E-state index in [1.807, 2.05) is 23.1 Å². The fraction of sp³-hybridized carbons (Fsp3) is 0.182. The van der Waals surface area contributed by atoms with Gasteiger partial charge in [0.25, 0.3) is 5.91 Å². The molecule has 162 valence electrons. The first-order chi connectivity index (χ1) is 15.6. The Morgan fingerprint density at radius 3 is 2.62 bits per heavy atom. The first-order valence-electron chi connectivity index (χ1n) is 10.1. The van der Waals surface area contributed by atoms with Crippen LogP contribution in [0.5, 0.6) is 0 Å². The second kappa shape index (κ2) is 8.14. The van der Waals surface area contributed by atoms with E-state index < -0.39 is 11.7 Å². The van der Waals surface area contributed by atoms with Crippen LogP contribution < -0.4 is 20.0 Å². The first-order valence-corrected chi connectivity index (χ1v) is 10.1. The van der Waals surface area contributed by atoms with Crippen LogP contribution >= 0.6 is 0 Å². The molecule has 5 rings (SSSR count). The van der Waals surface area contributed by atoms with Crippen LogP contribution in [0.15, 0.2) is 65.4 Å². The number of nitrogens with zero attached hydrogens (tertiary/aromatic N) is 5. The van der Waals surface area contributed by atoms with Crippen molar-refractivity contribution >= 4 is 34.1 Å². The summed E-state index contributed by atoms with van der Waals surface area (Å²) in [5, 5.41) is 17.8. The zero-order chi connectivity index (χ0) is 22.1. The molecule has 9 nitrogen and oxygen atoms in total. The fourth-order valence-corrected chi connectivity index (χ4v) is 3.77. The third kappa shape index (κ3) is 3.78. The molecule has 10 heteroatoms. The van der Waals surface area contributed by atoms with E-state index in [0.29, 0.717) is 30.0 Å². The van der Waals surface area contributed by atoms with Crippen LogP contribution in [0, 0.1) is 11.0 Å². The van der Waals surface area contributed by atoms with Gasteiger partial charge in [-0.05, 0) is 47.4 Å². The van der Waals surface area contributed by atoms with E-state index in [4.69, 9.17) is 0 Å². The molecule has 1 saturated heterocycles. The predicted molar refractivity (Wildman–Crippen MR) is 116 cm³/mol. The molecule has 1 amide bonds. The monoisotopic (exact) mass is 434 g/mol. The number of pyridine rings is 1. The lowest BCUT2D eigenvalue weighted by Crippen LogP contribution is -2.47. The highest BCUT2D eigenvalue weighted by Gasteiger charge is 2.21. The van der Waals surface area contributed by atoms with Crippen molar-refractivity contribution in [2.75, 3.05) is 41.3 Å². The molecule has 2 aromatic heterocycles. The largest absolute Gasteiger partial charge is 0.366 e. The molecule has 0 bridgehead atoms. The lowest BCUT2D eigenvalue weighted by Gasteiger charge is -2.36. The summed E-state index contributed by atoms with van der Waals surface area (Å²) in [7, 11) is 0. The second-order valence-corrected chi connectivity index (χ2v) is 7.42. The number of hydrogen-bond donors (Lipinski definition) is 1. The number of piperazine rings is 1. The highest BCUT2D eigenvalue weighted by atomic mass is 19.1. The van der Waals surface area contributed by atoms with Crippen LogP contribution in [0.2, 0.25) is 0 Å². The number of carbonyl (C=O) groups is 1. The number of fused-ring (bicyclic) bond motifs is 1. The van der Waals surface area contributed by atoms with E-state index in [1.165, 1.54) is 24.3 Å². The third-order valence-electron chi connectivity index (χ3n) is 5.45. The van der Waals surface area contributed by atoms with E-state index in [0.717, 1.165) is 18.9 Å². The molecular formula is C22H19FN6O3. The van der Waals surface area contributed by atoms with E-state index in [1.54, 1.807) is 18.3 Å². The summed E-state index contributed by atoms with van der Waals surface area (Å²) in [5.74, 6) is 0.0303. The minimum absolute atomic E-state index is 0.143. The number of halogens is 1. The minimum atomic E-state index is -0.468. The predicted octanol–water partition coefficient (Wildman–Crippen LogP) is 2.57. The van der Waals surface area contributed by atoms with Crippen LogP contribution in [-0.4, -0.2) is 42.2 Å². The topological polar surface area (TPSA) is 101 Å². The van der Waals surface area contributed by atoms with Gasteiger partial charge in [-0.3, -0.25) is 9.42 Å². The summed E-state index contributed by atoms with van der Waals surface area (Å²) in [6, 6.07) is 14.8. The Morgan fingerprint density at radius 1 is 1.06 bits per heavy atom. The molecule has 1 aliphatic heterocycles. The molecule has 0 spiro atoms. The maximum absolute atomic E-state index is 14.8. The van der Waals surface area contributed by atoms with Gasteiger partial charge in [-0.1, -0.05) is 6.07 Å². The summed E-state index contributed by atoms with van der Waals surface area (Å²) >= 11 is 0. The highest BCUT2D eigenvalue weighted by Crippen LogP contribution is 2.25. The van der Waals surface area contributed by atoms with E-state index in [2.05, 4.69) is 25.0 Å². The van der Waals surface area contributed by atoms with Gasteiger partial charge in [0.05, 0.1) is 5.69 Å². The van der Waals surface area contributed by atoms with Crippen molar-refractivity contribution in [2.45, 2.75) is 0 Å². The van der Waals surface area contributed by atoms with Crippen LogP contribution in [0.25, 0.3) is 11.0 Å². The Kier molecular flexibility index (Phi) is 5.02. The fourth-order valence-electron chi connectivity index (χ4n) is 3.77. The van der Waals surface area contributed by atoms with Gasteiger partial charge in [-0.15, -0.1) is 0 Å². The van der Waals surface area contributed by atoms with Crippen molar-refractivity contribution < 1.29 is 18.7 Å². The van der Waals surface area contributed by atoms with Gasteiger partial charge in [0, 0.05) is 54.8 Å². The van der Waals surface area contributed by atoms with Crippen molar-refractivity contribution in [3.63, 3.8) is 0 Å². The molecule has 1 N–H and O–H groups in total. The van der Waals surface area contributed by atoms with Gasteiger partial charge in [-0.25, -0.2) is 9.37 Å². The lowest BCUT2D eigenvalue weighted by atomic mass is 10.1. The van der Waals surface area contributed by atoms with Crippen molar-refractivity contribution in [1.82, 2.24) is 10.1 Å². The summed E-state index contributed by atoms with van der Waals surface area (Å²) in [4.78, 5) is 21.3. The molecule has 0 aliphatic carbocycles. The van der Waals surface area contributed by atoms with Gasteiger partial charge in [0.15, 0.2) is 0 Å². The van der Waals surface area contributed by atoms with Crippen molar-refractivity contribution in [2.24, 2.45) is 0 Å². The Labute approximate surface area is 182 Å². The van der Waals surface area contributed by atoms with Crippen molar-refractivity contribution in [3.05, 3.63) is 77.4 Å². The average Bonchev–Trinajstić information content (AvgIpc) is 3.20. The smallest absolute Gasteiger partial charge is 0.255 e. The standard InChI is InChI=1S/C22H19FN6O3/c23-17-14-16(25-22(30)15-4-6-18-20(13-15)29(31)32-26-18)5-7-19(17)27-9-11-28(12-10-27)21-3-1-2-8-24-21/h1-8,13-14H,9-12H2,(H,25,30). The van der Waals surface area contributed by atoms with Crippen LogP contribution in [0.3, 0.4) is 0 Å². The van der Waals surface area contributed by atoms with Crippen molar-refractivity contribution in [3.8, 4) is 0 Å². The number of amides is 1. The third-order valence-corrected chi connectivity index (χ3v) is 5.45. The van der Waals surface area contributed by atoms with E-state index in [9.17, 15) is 14.4 Å². The first kappa shape index (κ1) is 19.7. The Bertz CT molecular complexity index is 1270. The number of aromatic nitrogens is 3. The molecule has 0 saturated carbocycles. The number of anilines is 3. The number of carbonyl (C=O) groups excluding carboxylic acids is 1. The Morgan fingerprint density at radius 2 is 1.88 bits per heavy atom. The number of benzene rings is 2. The summed E-state index contributed by atoms with van der Waals surface area (Å²) in [6.45, 7) is 2.79. The Balaban J connectivity index is 1.26. The molecule has 2 aromatic carbocycles. The molecule has 3 heterocycles. The van der Waals surface area contributed by atoms with Gasteiger partial charge in [0.2, 0.25) is 11.0 Å². The molecule has 0 atom stereocenters. The summed E-state index contributed by atoms with van der Waals surface area (Å²) in [6.07, 6.45) is 1.76. The maximum atomic E-state index is 14.8. The van der Waals surface area contributed by atoms with Crippen LogP contribution in [-0.2, 0) is 0 Å². The summed E-state index contributed by atoms with van der Waals surface area (Å²) < 4.78 is 19.3. The zero-order valence-electron chi connectivity index (χ0n) is 16.9. The van der Waals surface area contributed by atoms with Gasteiger partial charge in [0.1, 0.15) is 11.6 Å². The Hall–Kier alpha value is -4.21. The quantitative estimate of drug-likeness (QED) is 0.493. The number of rotatable bonds is 4. The average molecular weight is 434 g/mol. The molecule has 0 unspecified atom stereocenters. The molecule has 4 aromatic rings.